The lowest BCUT2D eigenvalue weighted by molar-refractivity contribution is 0.0943. The van der Waals surface area contributed by atoms with Crippen LogP contribution >= 0.6 is 0 Å². The Morgan fingerprint density at radius 2 is 2.20 bits per heavy atom. The van der Waals surface area contributed by atoms with E-state index in [1.807, 2.05) is 13.8 Å². The van der Waals surface area contributed by atoms with Crippen molar-refractivity contribution >= 4 is 11.7 Å². The van der Waals surface area contributed by atoms with Crippen LogP contribution in [0.15, 0.2) is 12.4 Å². The standard InChI is InChI=1S/C9H15N5O/c1-6(2)3-13-9(15)7-4-12-8(14-10)5-11-7/h4-6H,3,10H2,1-2H3,(H,12,14)(H,13,15). The summed E-state index contributed by atoms with van der Waals surface area (Å²) in [5, 5.41) is 2.74. The maximum absolute atomic E-state index is 11.5. The molecule has 0 atom stereocenters. The third-order valence-corrected chi connectivity index (χ3v) is 1.70. The monoisotopic (exact) mass is 209 g/mol. The van der Waals surface area contributed by atoms with Crippen LogP contribution in [-0.4, -0.2) is 22.4 Å². The van der Waals surface area contributed by atoms with Crippen LogP contribution in [0.2, 0.25) is 0 Å². The Kier molecular flexibility index (Phi) is 3.99. The van der Waals surface area contributed by atoms with Crippen LogP contribution in [0.1, 0.15) is 24.3 Å². The molecule has 0 radical (unpaired) electrons. The first-order chi connectivity index (χ1) is 7.13. The Hall–Kier alpha value is -1.69. The number of carbonyl (C=O) groups excluding carboxylic acids is 1. The summed E-state index contributed by atoms with van der Waals surface area (Å²) in [4.78, 5) is 19.3. The van der Waals surface area contributed by atoms with Crippen LogP contribution < -0.4 is 16.6 Å². The van der Waals surface area contributed by atoms with E-state index in [0.29, 0.717) is 18.3 Å². The molecule has 0 bridgehead atoms. The van der Waals surface area contributed by atoms with Gasteiger partial charge in [-0.1, -0.05) is 13.8 Å². The Balaban J connectivity index is 2.58. The van der Waals surface area contributed by atoms with E-state index < -0.39 is 0 Å². The van der Waals surface area contributed by atoms with Crippen molar-refractivity contribution in [2.24, 2.45) is 11.8 Å². The predicted octanol–water partition coefficient (Wildman–Crippen LogP) is 0.148. The summed E-state index contributed by atoms with van der Waals surface area (Å²) in [7, 11) is 0. The average Bonchev–Trinajstić information content (AvgIpc) is 2.26. The van der Waals surface area contributed by atoms with Gasteiger partial charge in [0, 0.05) is 6.54 Å². The van der Waals surface area contributed by atoms with Crippen molar-refractivity contribution in [1.82, 2.24) is 15.3 Å². The minimum atomic E-state index is -0.222. The molecular weight excluding hydrogens is 194 g/mol. The third kappa shape index (κ3) is 3.51. The number of rotatable bonds is 4. The van der Waals surface area contributed by atoms with E-state index in [9.17, 15) is 4.79 Å². The Bertz CT molecular complexity index is 322. The van der Waals surface area contributed by atoms with Gasteiger partial charge in [-0.05, 0) is 5.92 Å². The average molecular weight is 209 g/mol. The maximum Gasteiger partial charge on any atom is 0.271 e. The van der Waals surface area contributed by atoms with Crippen LogP contribution in [0.5, 0.6) is 0 Å². The van der Waals surface area contributed by atoms with E-state index in [2.05, 4.69) is 20.7 Å². The van der Waals surface area contributed by atoms with Crippen molar-refractivity contribution in [3.8, 4) is 0 Å². The van der Waals surface area contributed by atoms with Crippen molar-refractivity contribution in [3.63, 3.8) is 0 Å². The van der Waals surface area contributed by atoms with Gasteiger partial charge >= 0.3 is 0 Å². The van der Waals surface area contributed by atoms with Gasteiger partial charge in [-0.15, -0.1) is 0 Å². The third-order valence-electron chi connectivity index (χ3n) is 1.70. The molecule has 0 aromatic carbocycles. The van der Waals surface area contributed by atoms with E-state index in [4.69, 9.17) is 5.84 Å². The van der Waals surface area contributed by atoms with Crippen LogP contribution in [0, 0.1) is 5.92 Å². The summed E-state index contributed by atoms with van der Waals surface area (Å²) in [6.07, 6.45) is 2.79. The number of nitrogens with one attached hydrogen (secondary N) is 2. The van der Waals surface area contributed by atoms with Crippen LogP contribution in [-0.2, 0) is 0 Å². The fourth-order valence-electron chi connectivity index (χ4n) is 0.907. The Labute approximate surface area is 88.3 Å². The fraction of sp³-hybridized carbons (Fsp3) is 0.444. The summed E-state index contributed by atoms with van der Waals surface area (Å²) < 4.78 is 0. The number of hydrogen-bond donors (Lipinski definition) is 3. The number of amides is 1. The quantitative estimate of drug-likeness (QED) is 0.485. The molecule has 6 heteroatoms. The zero-order chi connectivity index (χ0) is 11.3. The van der Waals surface area contributed by atoms with Crippen LogP contribution in [0.25, 0.3) is 0 Å². The second kappa shape index (κ2) is 5.26. The lowest BCUT2D eigenvalue weighted by atomic mass is 10.2. The summed E-state index contributed by atoms with van der Waals surface area (Å²) >= 11 is 0. The largest absolute Gasteiger partial charge is 0.350 e. The molecule has 0 saturated heterocycles. The van der Waals surface area contributed by atoms with Gasteiger partial charge in [0.25, 0.3) is 5.91 Å². The van der Waals surface area contributed by atoms with E-state index in [1.165, 1.54) is 12.4 Å². The summed E-state index contributed by atoms with van der Waals surface area (Å²) in [6, 6.07) is 0. The second-order valence-corrected chi connectivity index (χ2v) is 3.54. The molecule has 0 spiro atoms. The number of nitrogen functional groups attached to an aromatic ring is 1. The first-order valence-corrected chi connectivity index (χ1v) is 4.70. The lowest BCUT2D eigenvalue weighted by Gasteiger charge is -2.06. The van der Waals surface area contributed by atoms with Crippen molar-refractivity contribution in [1.29, 1.82) is 0 Å². The fourth-order valence-corrected chi connectivity index (χ4v) is 0.907. The minimum Gasteiger partial charge on any atom is -0.350 e. The van der Waals surface area contributed by atoms with Gasteiger partial charge in [0.2, 0.25) is 0 Å². The SMILES string of the molecule is CC(C)CNC(=O)c1cnc(NN)cn1. The van der Waals surface area contributed by atoms with Crippen LogP contribution in [0.4, 0.5) is 5.82 Å². The molecule has 0 fully saturated rings. The van der Waals surface area contributed by atoms with Crippen molar-refractivity contribution in [2.45, 2.75) is 13.8 Å². The van der Waals surface area contributed by atoms with Gasteiger partial charge in [-0.3, -0.25) is 4.79 Å². The molecular formula is C9H15N5O. The molecule has 82 valence electrons. The highest BCUT2D eigenvalue weighted by atomic mass is 16.1. The number of aromatic nitrogens is 2. The van der Waals surface area contributed by atoms with Gasteiger partial charge in [-0.25, -0.2) is 15.8 Å². The number of carbonyl (C=O) groups is 1. The van der Waals surface area contributed by atoms with Gasteiger partial charge in [0.15, 0.2) is 5.82 Å². The second-order valence-electron chi connectivity index (χ2n) is 3.54. The molecule has 0 unspecified atom stereocenters. The normalized spacial score (nSPS) is 10.1. The van der Waals surface area contributed by atoms with E-state index >= 15 is 0 Å². The highest BCUT2D eigenvalue weighted by molar-refractivity contribution is 5.91. The van der Waals surface area contributed by atoms with E-state index in [1.54, 1.807) is 0 Å². The molecule has 0 aliphatic rings. The summed E-state index contributed by atoms with van der Waals surface area (Å²) in [5.41, 5.74) is 2.62. The summed E-state index contributed by atoms with van der Waals surface area (Å²) in [5.74, 6) is 5.73. The van der Waals surface area contributed by atoms with Gasteiger partial charge in [0.05, 0.1) is 12.4 Å². The number of nitrogens with two attached hydrogens (primary N) is 1. The highest BCUT2D eigenvalue weighted by Crippen LogP contribution is 1.99. The number of anilines is 1. The molecule has 1 aromatic rings. The smallest absolute Gasteiger partial charge is 0.271 e. The molecule has 1 heterocycles. The zero-order valence-corrected chi connectivity index (χ0v) is 8.82. The van der Waals surface area contributed by atoms with Crippen molar-refractivity contribution in [3.05, 3.63) is 18.1 Å². The molecule has 0 saturated carbocycles. The molecule has 1 amide bonds. The molecule has 1 rings (SSSR count). The van der Waals surface area contributed by atoms with Gasteiger partial charge in [0.1, 0.15) is 5.69 Å². The van der Waals surface area contributed by atoms with Crippen molar-refractivity contribution < 1.29 is 4.79 Å². The Morgan fingerprint density at radius 1 is 1.47 bits per heavy atom. The van der Waals surface area contributed by atoms with E-state index in [-0.39, 0.29) is 11.6 Å². The number of hydrazine groups is 1. The highest BCUT2D eigenvalue weighted by Gasteiger charge is 2.07. The molecule has 1 aromatic heterocycles. The van der Waals surface area contributed by atoms with Crippen LogP contribution in [0.3, 0.4) is 0 Å². The lowest BCUT2D eigenvalue weighted by Crippen LogP contribution is -2.28. The number of nitrogens with zero attached hydrogens (tertiary/aromatic N) is 2. The van der Waals surface area contributed by atoms with Gasteiger partial charge in [-0.2, -0.15) is 0 Å². The zero-order valence-electron chi connectivity index (χ0n) is 8.82. The molecule has 15 heavy (non-hydrogen) atoms. The molecule has 0 aliphatic carbocycles. The van der Waals surface area contributed by atoms with Gasteiger partial charge < -0.3 is 10.7 Å². The molecule has 0 aliphatic heterocycles. The Morgan fingerprint density at radius 3 is 2.67 bits per heavy atom. The predicted molar refractivity (Wildman–Crippen MR) is 57.0 cm³/mol. The topological polar surface area (TPSA) is 92.9 Å². The first-order valence-electron chi connectivity index (χ1n) is 4.70. The summed E-state index contributed by atoms with van der Waals surface area (Å²) in [6.45, 7) is 4.66. The van der Waals surface area contributed by atoms with E-state index in [0.717, 1.165) is 0 Å². The number of hydrogen-bond acceptors (Lipinski definition) is 5. The molecule has 6 nitrogen and oxygen atoms in total. The minimum absolute atomic E-state index is 0.222. The van der Waals surface area contributed by atoms with Crippen molar-refractivity contribution in [2.75, 3.05) is 12.0 Å². The maximum atomic E-state index is 11.5. The first kappa shape index (κ1) is 11.4. The molecule has 4 N–H and O–H groups in total.